The van der Waals surface area contributed by atoms with Crippen molar-refractivity contribution in [3.63, 3.8) is 0 Å². The van der Waals surface area contributed by atoms with E-state index in [0.717, 1.165) is 30.2 Å². The molecule has 1 N–H and O–H groups in total. The van der Waals surface area contributed by atoms with Crippen LogP contribution in [0.1, 0.15) is 30.9 Å². The summed E-state index contributed by atoms with van der Waals surface area (Å²) in [6.45, 7) is 2.33. The van der Waals surface area contributed by atoms with E-state index in [4.69, 9.17) is 12.2 Å². The summed E-state index contributed by atoms with van der Waals surface area (Å²) in [6, 6.07) is 11.1. The number of amides is 2. The summed E-state index contributed by atoms with van der Waals surface area (Å²) >= 11 is 6.53. The summed E-state index contributed by atoms with van der Waals surface area (Å²) < 4.78 is 0.423. The van der Waals surface area contributed by atoms with Crippen LogP contribution >= 0.6 is 24.0 Å². The number of nitrogens with one attached hydrogen (secondary N) is 1. The molecule has 0 aromatic heterocycles. The number of nitro benzene ring substituents is 1. The Kier molecular flexibility index (Phi) is 7.60. The van der Waals surface area contributed by atoms with Gasteiger partial charge in [0.15, 0.2) is 0 Å². The molecule has 3 rings (SSSR count). The number of nitro groups is 1. The van der Waals surface area contributed by atoms with Gasteiger partial charge in [0.05, 0.1) is 9.83 Å². The maximum atomic E-state index is 12.7. The van der Waals surface area contributed by atoms with Crippen molar-refractivity contribution in [2.24, 2.45) is 0 Å². The average molecular weight is 471 g/mol. The number of carbonyl (C=O) groups is 2. The molecule has 0 radical (unpaired) electrons. The Labute approximate surface area is 194 Å². The third-order valence-corrected chi connectivity index (χ3v) is 6.17. The molecule has 10 heteroatoms. The van der Waals surface area contributed by atoms with Crippen molar-refractivity contribution in [3.8, 4) is 5.75 Å². The lowest BCUT2D eigenvalue weighted by molar-refractivity contribution is -0.385. The molecule has 0 bridgehead atoms. The molecule has 0 atom stereocenters. The first-order chi connectivity index (χ1) is 15.3. The number of carbonyl (C=O) groups excluding carboxylic acids is 2. The van der Waals surface area contributed by atoms with Crippen LogP contribution in [0.4, 0.5) is 11.4 Å². The fourth-order valence-electron chi connectivity index (χ4n) is 3.03. The van der Waals surface area contributed by atoms with Gasteiger partial charge in [-0.1, -0.05) is 67.0 Å². The molecule has 2 amide bonds. The van der Waals surface area contributed by atoms with E-state index in [1.54, 1.807) is 6.08 Å². The summed E-state index contributed by atoms with van der Waals surface area (Å²) in [5.41, 5.74) is 1.69. The van der Waals surface area contributed by atoms with Crippen molar-refractivity contribution in [2.45, 2.75) is 26.2 Å². The van der Waals surface area contributed by atoms with Gasteiger partial charge in [0.2, 0.25) is 5.91 Å². The average Bonchev–Trinajstić information content (AvgIpc) is 3.03. The van der Waals surface area contributed by atoms with Gasteiger partial charge in [-0.25, -0.2) is 0 Å². The monoisotopic (exact) mass is 470 g/mol. The van der Waals surface area contributed by atoms with Crippen LogP contribution in [0.5, 0.6) is 5.75 Å². The Balaban J connectivity index is 1.55. The van der Waals surface area contributed by atoms with Gasteiger partial charge in [0, 0.05) is 30.8 Å². The minimum atomic E-state index is -0.643. The minimum Gasteiger partial charge on any atom is -0.871 e. The van der Waals surface area contributed by atoms with Crippen LogP contribution in [0.25, 0.3) is 6.08 Å². The lowest BCUT2D eigenvalue weighted by Crippen LogP contribution is -2.29. The maximum Gasteiger partial charge on any atom is 0.271 e. The van der Waals surface area contributed by atoms with Crippen LogP contribution in [0.15, 0.2) is 47.4 Å². The van der Waals surface area contributed by atoms with E-state index in [1.165, 1.54) is 22.2 Å². The molecular formula is C22H20N3O5S2-. The molecule has 166 valence electrons. The van der Waals surface area contributed by atoms with Crippen molar-refractivity contribution in [3.05, 3.63) is 68.6 Å². The standard InChI is InChI=1S/C22H21N3O5S2/c1-2-14-5-7-15(8-6-14)12-19-21(28)24(22(31)32-19)11-3-4-20(27)23-17-13-16(25(29)30)9-10-18(17)26/h5-10,12-13,26H,2-4,11H2,1H3,(H,23,27)/p-1/b19-12+. The fourth-order valence-corrected chi connectivity index (χ4v) is 4.34. The van der Waals surface area contributed by atoms with Crippen LogP contribution in [-0.4, -0.2) is 32.5 Å². The molecule has 1 aliphatic heterocycles. The zero-order valence-corrected chi connectivity index (χ0v) is 18.8. The molecule has 0 unspecified atom stereocenters. The van der Waals surface area contributed by atoms with E-state index in [-0.39, 0.29) is 30.2 Å². The second-order valence-electron chi connectivity index (χ2n) is 7.02. The number of thiocarbonyl (C=S) groups is 1. The van der Waals surface area contributed by atoms with Gasteiger partial charge in [0.25, 0.3) is 11.6 Å². The summed E-state index contributed by atoms with van der Waals surface area (Å²) in [5.74, 6) is -1.20. The molecular weight excluding hydrogens is 450 g/mol. The molecule has 0 aliphatic carbocycles. The highest BCUT2D eigenvalue weighted by Gasteiger charge is 2.31. The predicted molar refractivity (Wildman–Crippen MR) is 126 cm³/mol. The Morgan fingerprint density at radius 3 is 2.62 bits per heavy atom. The van der Waals surface area contributed by atoms with E-state index in [0.29, 0.717) is 15.6 Å². The van der Waals surface area contributed by atoms with Gasteiger partial charge < -0.3 is 10.4 Å². The highest BCUT2D eigenvalue weighted by molar-refractivity contribution is 8.26. The molecule has 8 nitrogen and oxygen atoms in total. The number of nitrogens with zero attached hydrogens (tertiary/aromatic N) is 2. The third kappa shape index (κ3) is 5.71. The van der Waals surface area contributed by atoms with Crippen LogP contribution < -0.4 is 10.4 Å². The smallest absolute Gasteiger partial charge is 0.271 e. The largest absolute Gasteiger partial charge is 0.871 e. The number of anilines is 1. The van der Waals surface area contributed by atoms with Crippen molar-refractivity contribution in [2.75, 3.05) is 11.9 Å². The van der Waals surface area contributed by atoms with Gasteiger partial charge in [-0.2, -0.15) is 0 Å². The third-order valence-electron chi connectivity index (χ3n) is 4.79. The van der Waals surface area contributed by atoms with Crippen LogP contribution in [-0.2, 0) is 16.0 Å². The molecule has 32 heavy (non-hydrogen) atoms. The molecule has 1 aliphatic rings. The highest BCUT2D eigenvalue weighted by atomic mass is 32.2. The Hall–Kier alpha value is -3.24. The summed E-state index contributed by atoms with van der Waals surface area (Å²) in [7, 11) is 0. The first-order valence-corrected chi connectivity index (χ1v) is 11.1. The van der Waals surface area contributed by atoms with Crippen molar-refractivity contribution in [1.82, 2.24) is 4.90 Å². The zero-order chi connectivity index (χ0) is 23.3. The Morgan fingerprint density at radius 1 is 1.25 bits per heavy atom. The highest BCUT2D eigenvalue weighted by Crippen LogP contribution is 2.33. The van der Waals surface area contributed by atoms with Crippen molar-refractivity contribution in [1.29, 1.82) is 0 Å². The number of benzene rings is 2. The normalized spacial score (nSPS) is 14.8. The lowest BCUT2D eigenvalue weighted by Gasteiger charge is -2.16. The quantitative estimate of drug-likeness (QED) is 0.270. The summed E-state index contributed by atoms with van der Waals surface area (Å²) in [5, 5.41) is 25.0. The maximum absolute atomic E-state index is 12.7. The van der Waals surface area contributed by atoms with Gasteiger partial charge in [-0.05, 0) is 30.0 Å². The first kappa shape index (κ1) is 23.4. The van der Waals surface area contributed by atoms with Gasteiger partial charge in [-0.15, -0.1) is 0 Å². The number of thioether (sulfide) groups is 1. The van der Waals surface area contributed by atoms with Crippen molar-refractivity contribution < 1.29 is 19.6 Å². The zero-order valence-electron chi connectivity index (χ0n) is 17.2. The summed E-state index contributed by atoms with van der Waals surface area (Å²) in [4.78, 5) is 37.0. The molecule has 1 fully saturated rings. The van der Waals surface area contributed by atoms with Gasteiger partial charge in [-0.3, -0.25) is 24.6 Å². The number of hydrogen-bond acceptors (Lipinski definition) is 7. The van der Waals surface area contributed by atoms with E-state index in [2.05, 4.69) is 12.2 Å². The number of hydrogen-bond donors (Lipinski definition) is 1. The second-order valence-corrected chi connectivity index (χ2v) is 8.69. The van der Waals surface area contributed by atoms with Crippen molar-refractivity contribution >= 4 is 57.6 Å². The topological polar surface area (TPSA) is 116 Å². The number of rotatable bonds is 8. The van der Waals surface area contributed by atoms with Crippen LogP contribution in [0.2, 0.25) is 0 Å². The van der Waals surface area contributed by atoms with E-state index in [9.17, 15) is 24.8 Å². The molecule has 2 aromatic rings. The van der Waals surface area contributed by atoms with E-state index in [1.807, 2.05) is 24.3 Å². The molecule has 1 saturated heterocycles. The Bertz CT molecular complexity index is 1100. The van der Waals surface area contributed by atoms with Crippen LogP contribution in [0.3, 0.4) is 0 Å². The molecule has 2 aromatic carbocycles. The van der Waals surface area contributed by atoms with E-state index < -0.39 is 16.6 Å². The fraction of sp³-hybridized carbons (Fsp3) is 0.227. The first-order valence-electron chi connectivity index (χ1n) is 9.88. The SMILES string of the molecule is CCc1ccc(/C=C2/SC(=S)N(CCCC(=O)Nc3cc([N+](=O)[O-])ccc3[O-])C2=O)cc1. The lowest BCUT2D eigenvalue weighted by atomic mass is 10.1. The number of aryl methyl sites for hydroxylation is 1. The molecule has 0 saturated carbocycles. The Morgan fingerprint density at radius 2 is 1.97 bits per heavy atom. The number of non-ortho nitro benzene ring substituents is 1. The van der Waals surface area contributed by atoms with Gasteiger partial charge in [0.1, 0.15) is 4.32 Å². The van der Waals surface area contributed by atoms with Gasteiger partial charge >= 0.3 is 0 Å². The molecule has 1 heterocycles. The predicted octanol–water partition coefficient (Wildman–Crippen LogP) is 3.85. The summed E-state index contributed by atoms with van der Waals surface area (Å²) in [6.07, 6.45) is 3.08. The molecule has 0 spiro atoms. The van der Waals surface area contributed by atoms with Crippen LogP contribution in [0, 0.1) is 10.1 Å². The van der Waals surface area contributed by atoms with E-state index >= 15 is 0 Å². The second kappa shape index (κ2) is 10.4. The minimum absolute atomic E-state index is 0.0245.